The third-order valence-corrected chi connectivity index (χ3v) is 3.50. The fourth-order valence-corrected chi connectivity index (χ4v) is 2.18. The van der Waals surface area contributed by atoms with Gasteiger partial charge in [0.1, 0.15) is 0 Å². The van der Waals surface area contributed by atoms with Gasteiger partial charge in [-0.15, -0.1) is 0 Å². The number of hydrogen-bond acceptors (Lipinski definition) is 2. The van der Waals surface area contributed by atoms with Gasteiger partial charge < -0.3 is 0 Å². The van der Waals surface area contributed by atoms with Gasteiger partial charge in [0.25, 0.3) is 0 Å². The zero-order valence-corrected chi connectivity index (χ0v) is 10.7. The number of hydrogen-bond donors (Lipinski definition) is 0. The second-order valence-electron chi connectivity index (χ2n) is 4.77. The number of anilines is 1. The first-order valence-electron chi connectivity index (χ1n) is 6.21. The molecule has 0 radical (unpaired) electrons. The molecule has 0 bridgehead atoms. The van der Waals surface area contributed by atoms with Crippen molar-refractivity contribution in [2.24, 2.45) is 5.10 Å². The van der Waals surface area contributed by atoms with E-state index in [1.165, 1.54) is 22.3 Å². The monoisotopic (exact) mass is 236 g/mol. The number of nitrogens with zero attached hydrogens (tertiary/aromatic N) is 2. The van der Waals surface area contributed by atoms with Crippen molar-refractivity contribution >= 4 is 11.9 Å². The largest absolute Gasteiger partial charge is 0.261 e. The van der Waals surface area contributed by atoms with Crippen LogP contribution in [0, 0.1) is 13.8 Å². The van der Waals surface area contributed by atoms with Gasteiger partial charge in [-0.05, 0) is 48.2 Å². The van der Waals surface area contributed by atoms with Gasteiger partial charge in [-0.1, -0.05) is 30.3 Å². The molecule has 1 aliphatic heterocycles. The van der Waals surface area contributed by atoms with Gasteiger partial charge in [-0.3, -0.25) is 5.01 Å². The summed E-state index contributed by atoms with van der Waals surface area (Å²) < 4.78 is 0. The Bertz CT molecular complexity index is 614. The molecule has 0 saturated heterocycles. The zero-order valence-electron chi connectivity index (χ0n) is 10.7. The zero-order chi connectivity index (χ0) is 12.5. The van der Waals surface area contributed by atoms with E-state index in [4.69, 9.17) is 0 Å². The lowest BCUT2D eigenvalue weighted by Gasteiger charge is -2.24. The van der Waals surface area contributed by atoms with Crippen LogP contribution >= 0.6 is 0 Å². The van der Waals surface area contributed by atoms with Gasteiger partial charge in [0.2, 0.25) is 0 Å². The number of benzene rings is 2. The van der Waals surface area contributed by atoms with Crippen molar-refractivity contribution in [1.82, 2.24) is 0 Å². The van der Waals surface area contributed by atoms with Crippen molar-refractivity contribution in [2.45, 2.75) is 20.4 Å². The van der Waals surface area contributed by atoms with E-state index in [2.05, 4.69) is 66.4 Å². The molecule has 0 saturated carbocycles. The Morgan fingerprint density at radius 3 is 2.67 bits per heavy atom. The van der Waals surface area contributed by atoms with E-state index in [-0.39, 0.29) is 0 Å². The molecular formula is C16H16N2. The average molecular weight is 236 g/mol. The van der Waals surface area contributed by atoms with E-state index in [0.717, 1.165) is 12.2 Å². The van der Waals surface area contributed by atoms with E-state index in [9.17, 15) is 0 Å². The molecule has 3 rings (SSSR count). The fraction of sp³-hybridized carbons (Fsp3) is 0.188. The molecule has 0 atom stereocenters. The van der Waals surface area contributed by atoms with Gasteiger partial charge in [0.15, 0.2) is 0 Å². The van der Waals surface area contributed by atoms with E-state index in [1.807, 2.05) is 6.21 Å². The minimum Gasteiger partial charge on any atom is -0.261 e. The topological polar surface area (TPSA) is 15.6 Å². The molecule has 1 aliphatic rings. The average Bonchev–Trinajstić information content (AvgIpc) is 2.41. The molecule has 2 aromatic rings. The molecule has 0 unspecified atom stereocenters. The normalized spacial score (nSPS) is 13.6. The minimum absolute atomic E-state index is 0.842. The fourth-order valence-electron chi connectivity index (χ4n) is 2.18. The van der Waals surface area contributed by atoms with Crippen LogP contribution in [0.15, 0.2) is 47.6 Å². The summed E-state index contributed by atoms with van der Waals surface area (Å²) in [5.74, 6) is 0. The number of rotatable bonds is 1. The lowest BCUT2D eigenvalue weighted by atomic mass is 10.1. The predicted octanol–water partition coefficient (Wildman–Crippen LogP) is 3.66. The van der Waals surface area contributed by atoms with Gasteiger partial charge in [-0.2, -0.15) is 5.10 Å². The summed E-state index contributed by atoms with van der Waals surface area (Å²) in [5, 5.41) is 6.57. The summed E-state index contributed by atoms with van der Waals surface area (Å²) in [6.45, 7) is 5.11. The van der Waals surface area contributed by atoms with Crippen LogP contribution in [0.25, 0.3) is 0 Å². The van der Waals surface area contributed by atoms with Crippen molar-refractivity contribution in [3.05, 3.63) is 64.7 Å². The molecule has 0 amide bonds. The molecule has 2 aromatic carbocycles. The highest BCUT2D eigenvalue weighted by Crippen LogP contribution is 2.24. The molecule has 0 fully saturated rings. The number of hydrazone groups is 1. The Balaban J connectivity index is 1.94. The van der Waals surface area contributed by atoms with Crippen LogP contribution in [0.2, 0.25) is 0 Å². The SMILES string of the molecule is Cc1ccc(N2Cc3ccccc3C=N2)cc1C. The van der Waals surface area contributed by atoms with E-state index in [0.29, 0.717) is 0 Å². The first kappa shape index (κ1) is 11.0. The molecule has 0 aromatic heterocycles. The third-order valence-electron chi connectivity index (χ3n) is 3.50. The maximum atomic E-state index is 4.52. The van der Waals surface area contributed by atoms with E-state index in [1.54, 1.807) is 0 Å². The predicted molar refractivity (Wildman–Crippen MR) is 76.1 cm³/mol. The summed E-state index contributed by atoms with van der Waals surface area (Å²) in [6, 6.07) is 14.9. The quantitative estimate of drug-likeness (QED) is 0.737. The van der Waals surface area contributed by atoms with Crippen LogP contribution in [0.1, 0.15) is 22.3 Å². The van der Waals surface area contributed by atoms with E-state index >= 15 is 0 Å². The van der Waals surface area contributed by atoms with Crippen LogP contribution in [-0.2, 0) is 6.54 Å². The highest BCUT2D eigenvalue weighted by molar-refractivity contribution is 5.84. The second kappa shape index (κ2) is 4.30. The van der Waals surface area contributed by atoms with Crippen molar-refractivity contribution in [1.29, 1.82) is 0 Å². The lowest BCUT2D eigenvalue weighted by molar-refractivity contribution is 0.842. The van der Waals surface area contributed by atoms with Crippen molar-refractivity contribution < 1.29 is 0 Å². The Labute approximate surface area is 108 Å². The van der Waals surface area contributed by atoms with Crippen LogP contribution in [-0.4, -0.2) is 6.21 Å². The number of aryl methyl sites for hydroxylation is 2. The highest BCUT2D eigenvalue weighted by Gasteiger charge is 2.13. The summed E-state index contributed by atoms with van der Waals surface area (Å²) in [7, 11) is 0. The molecule has 18 heavy (non-hydrogen) atoms. The van der Waals surface area contributed by atoms with Crippen LogP contribution < -0.4 is 5.01 Å². The van der Waals surface area contributed by atoms with Crippen LogP contribution in [0.3, 0.4) is 0 Å². The van der Waals surface area contributed by atoms with Gasteiger partial charge in [-0.25, -0.2) is 0 Å². The van der Waals surface area contributed by atoms with Gasteiger partial charge >= 0.3 is 0 Å². The molecule has 1 heterocycles. The molecule has 0 aliphatic carbocycles. The standard InChI is InChI=1S/C16H16N2/c1-12-7-8-16(9-13(12)2)18-11-15-6-4-3-5-14(15)10-17-18/h3-10H,11H2,1-2H3. The Kier molecular flexibility index (Phi) is 2.63. The number of fused-ring (bicyclic) bond motifs is 1. The summed E-state index contributed by atoms with van der Waals surface area (Å²) >= 11 is 0. The molecule has 90 valence electrons. The van der Waals surface area contributed by atoms with Crippen molar-refractivity contribution in [3.63, 3.8) is 0 Å². The summed E-state index contributed by atoms with van der Waals surface area (Å²) in [5.41, 5.74) is 6.33. The maximum absolute atomic E-state index is 4.52. The highest BCUT2D eigenvalue weighted by atomic mass is 15.5. The van der Waals surface area contributed by atoms with Crippen molar-refractivity contribution in [3.8, 4) is 0 Å². The third kappa shape index (κ3) is 1.90. The Morgan fingerprint density at radius 2 is 1.83 bits per heavy atom. The van der Waals surface area contributed by atoms with Gasteiger partial charge in [0, 0.05) is 0 Å². The summed E-state index contributed by atoms with van der Waals surface area (Å²) in [4.78, 5) is 0. The van der Waals surface area contributed by atoms with Crippen LogP contribution in [0.4, 0.5) is 5.69 Å². The maximum Gasteiger partial charge on any atom is 0.0672 e. The van der Waals surface area contributed by atoms with Crippen LogP contribution in [0.5, 0.6) is 0 Å². The minimum atomic E-state index is 0.842. The first-order valence-corrected chi connectivity index (χ1v) is 6.21. The smallest absolute Gasteiger partial charge is 0.0672 e. The second-order valence-corrected chi connectivity index (χ2v) is 4.77. The molecule has 2 heteroatoms. The first-order chi connectivity index (χ1) is 8.74. The van der Waals surface area contributed by atoms with E-state index < -0.39 is 0 Å². The molecule has 2 nitrogen and oxygen atoms in total. The summed E-state index contributed by atoms with van der Waals surface area (Å²) in [6.07, 6.45) is 1.94. The van der Waals surface area contributed by atoms with Gasteiger partial charge in [0.05, 0.1) is 18.4 Å². The lowest BCUT2D eigenvalue weighted by Crippen LogP contribution is -2.21. The molecule has 0 spiro atoms. The van der Waals surface area contributed by atoms with Crippen molar-refractivity contribution in [2.75, 3.05) is 5.01 Å². The Hall–Kier alpha value is -2.09. The molecule has 0 N–H and O–H groups in total. The Morgan fingerprint density at radius 1 is 1.00 bits per heavy atom. The molecular weight excluding hydrogens is 220 g/mol.